The Morgan fingerprint density at radius 2 is 2.70 bits per heavy atom. The molecule has 2 N–H and O–H groups in total. The quantitative estimate of drug-likeness (QED) is 0.544. The molecule has 1 aliphatic heterocycles. The molecular formula is C8H13NO. The highest BCUT2D eigenvalue weighted by Gasteiger charge is 2.07. The summed E-state index contributed by atoms with van der Waals surface area (Å²) in [5.74, 6) is 0. The van der Waals surface area contributed by atoms with Gasteiger partial charge in [0, 0.05) is 13.1 Å². The summed E-state index contributed by atoms with van der Waals surface area (Å²) in [7, 11) is 0. The van der Waals surface area contributed by atoms with Gasteiger partial charge in [-0.25, -0.2) is 0 Å². The maximum atomic E-state index is 9.13. The second-order valence-electron chi connectivity index (χ2n) is 2.52. The predicted octanol–water partition coefficient (Wildman–Crippen LogP) is 0.453. The van der Waals surface area contributed by atoms with E-state index in [0.29, 0.717) is 6.54 Å². The molecule has 56 valence electrons. The Bertz CT molecular complexity index is 151. The van der Waals surface area contributed by atoms with Gasteiger partial charge in [-0.1, -0.05) is 17.7 Å². The van der Waals surface area contributed by atoms with Crippen molar-refractivity contribution in [3.63, 3.8) is 0 Å². The fourth-order valence-corrected chi connectivity index (χ4v) is 1.10. The minimum Gasteiger partial charge on any atom is -0.388 e. The largest absolute Gasteiger partial charge is 0.388 e. The highest BCUT2D eigenvalue weighted by Crippen LogP contribution is 2.05. The number of allylic oxidation sites excluding steroid dienone is 1. The zero-order valence-electron chi connectivity index (χ0n) is 6.01. The van der Waals surface area contributed by atoms with Crippen LogP contribution in [0.15, 0.2) is 24.3 Å². The number of rotatable bonds is 2. The van der Waals surface area contributed by atoms with E-state index < -0.39 is 0 Å². The summed E-state index contributed by atoms with van der Waals surface area (Å²) in [6.07, 6.45) is 4.33. The first-order valence-corrected chi connectivity index (χ1v) is 3.52. The van der Waals surface area contributed by atoms with E-state index in [1.54, 1.807) is 0 Å². The number of hydrogen-bond acceptors (Lipinski definition) is 2. The monoisotopic (exact) mass is 139 g/mol. The Kier molecular flexibility index (Phi) is 2.66. The summed E-state index contributed by atoms with van der Waals surface area (Å²) in [4.78, 5) is 0. The van der Waals surface area contributed by atoms with Crippen molar-refractivity contribution in [2.45, 2.75) is 12.5 Å². The Balaban J connectivity index is 2.48. The Hall–Kier alpha value is -0.600. The van der Waals surface area contributed by atoms with Crippen molar-refractivity contribution in [2.75, 3.05) is 13.1 Å². The smallest absolute Gasteiger partial charge is 0.0848 e. The van der Waals surface area contributed by atoms with E-state index in [2.05, 4.69) is 11.9 Å². The van der Waals surface area contributed by atoms with E-state index in [-0.39, 0.29) is 6.10 Å². The fourth-order valence-electron chi connectivity index (χ4n) is 1.10. The van der Waals surface area contributed by atoms with Gasteiger partial charge in [0.25, 0.3) is 0 Å². The van der Waals surface area contributed by atoms with E-state index in [0.717, 1.165) is 13.0 Å². The number of aliphatic hydroxyl groups is 1. The lowest BCUT2D eigenvalue weighted by atomic mass is 10.1. The third kappa shape index (κ3) is 1.97. The standard InChI is InChI=1S/C8H13NO/c1-2-3-7-4-8(10)6-9-5-7/h2,4,8-10H,1,3,5-6H2. The van der Waals surface area contributed by atoms with Crippen LogP contribution in [0.5, 0.6) is 0 Å². The number of nitrogens with one attached hydrogen (secondary N) is 1. The van der Waals surface area contributed by atoms with Gasteiger partial charge in [-0.2, -0.15) is 0 Å². The molecule has 1 heterocycles. The molecule has 1 rings (SSSR count). The maximum absolute atomic E-state index is 9.13. The average molecular weight is 139 g/mol. The van der Waals surface area contributed by atoms with E-state index in [1.807, 2.05) is 12.2 Å². The van der Waals surface area contributed by atoms with Gasteiger partial charge in [0.05, 0.1) is 6.10 Å². The third-order valence-corrected chi connectivity index (χ3v) is 1.54. The van der Waals surface area contributed by atoms with Gasteiger partial charge in [-0.15, -0.1) is 6.58 Å². The summed E-state index contributed by atoms with van der Waals surface area (Å²) < 4.78 is 0. The molecule has 0 fully saturated rings. The van der Waals surface area contributed by atoms with Crippen LogP contribution in [0.1, 0.15) is 6.42 Å². The molecule has 2 nitrogen and oxygen atoms in total. The van der Waals surface area contributed by atoms with Crippen molar-refractivity contribution < 1.29 is 5.11 Å². The van der Waals surface area contributed by atoms with Crippen LogP contribution in [-0.2, 0) is 0 Å². The lowest BCUT2D eigenvalue weighted by molar-refractivity contribution is 0.213. The molecule has 0 spiro atoms. The molecule has 0 aliphatic carbocycles. The van der Waals surface area contributed by atoms with E-state index in [9.17, 15) is 0 Å². The highest BCUT2D eigenvalue weighted by molar-refractivity contribution is 5.13. The van der Waals surface area contributed by atoms with Crippen LogP contribution in [0, 0.1) is 0 Å². The van der Waals surface area contributed by atoms with Crippen LogP contribution in [-0.4, -0.2) is 24.3 Å². The molecule has 0 saturated carbocycles. The molecule has 0 aromatic rings. The minimum atomic E-state index is -0.302. The number of β-amino-alcohol motifs (C(OH)–C–C–N with tert-alkyl or cyclic N) is 1. The summed E-state index contributed by atoms with van der Waals surface area (Å²) in [5, 5.41) is 12.2. The van der Waals surface area contributed by atoms with Crippen molar-refractivity contribution in [3.05, 3.63) is 24.3 Å². The zero-order chi connectivity index (χ0) is 7.40. The molecule has 1 atom stereocenters. The van der Waals surface area contributed by atoms with Gasteiger partial charge >= 0.3 is 0 Å². The van der Waals surface area contributed by atoms with Crippen LogP contribution < -0.4 is 5.32 Å². The molecule has 0 radical (unpaired) electrons. The second kappa shape index (κ2) is 3.54. The molecule has 0 aromatic carbocycles. The Morgan fingerprint density at radius 3 is 3.30 bits per heavy atom. The predicted molar refractivity (Wildman–Crippen MR) is 41.8 cm³/mol. The van der Waals surface area contributed by atoms with Crippen LogP contribution in [0.25, 0.3) is 0 Å². The second-order valence-corrected chi connectivity index (χ2v) is 2.52. The molecular weight excluding hydrogens is 126 g/mol. The Labute approximate surface area is 61.3 Å². The van der Waals surface area contributed by atoms with Gasteiger partial charge in [0.2, 0.25) is 0 Å². The fraction of sp³-hybridized carbons (Fsp3) is 0.500. The Morgan fingerprint density at radius 1 is 1.90 bits per heavy atom. The van der Waals surface area contributed by atoms with Gasteiger partial charge < -0.3 is 10.4 Å². The molecule has 1 aliphatic rings. The van der Waals surface area contributed by atoms with Crippen molar-refractivity contribution >= 4 is 0 Å². The SMILES string of the molecule is C=CCC1=CC(O)CNC1. The molecule has 10 heavy (non-hydrogen) atoms. The average Bonchev–Trinajstić information content (AvgIpc) is 1.88. The number of hydrogen-bond donors (Lipinski definition) is 2. The van der Waals surface area contributed by atoms with Crippen molar-refractivity contribution in [3.8, 4) is 0 Å². The molecule has 2 heteroatoms. The summed E-state index contributed by atoms with van der Waals surface area (Å²) in [5.41, 5.74) is 1.23. The molecule has 1 unspecified atom stereocenters. The normalized spacial score (nSPS) is 25.7. The lowest BCUT2D eigenvalue weighted by Gasteiger charge is -2.17. The molecule has 0 saturated heterocycles. The van der Waals surface area contributed by atoms with Crippen molar-refractivity contribution in [1.29, 1.82) is 0 Å². The van der Waals surface area contributed by atoms with Crippen molar-refractivity contribution in [1.82, 2.24) is 5.32 Å². The third-order valence-electron chi connectivity index (χ3n) is 1.54. The van der Waals surface area contributed by atoms with Crippen LogP contribution in [0.4, 0.5) is 0 Å². The van der Waals surface area contributed by atoms with Gasteiger partial charge in [0.15, 0.2) is 0 Å². The van der Waals surface area contributed by atoms with E-state index >= 15 is 0 Å². The molecule has 0 bridgehead atoms. The van der Waals surface area contributed by atoms with E-state index in [4.69, 9.17) is 5.11 Å². The maximum Gasteiger partial charge on any atom is 0.0848 e. The summed E-state index contributed by atoms with van der Waals surface area (Å²) >= 11 is 0. The van der Waals surface area contributed by atoms with E-state index in [1.165, 1.54) is 5.57 Å². The zero-order valence-corrected chi connectivity index (χ0v) is 6.01. The minimum absolute atomic E-state index is 0.302. The summed E-state index contributed by atoms with van der Waals surface area (Å²) in [6, 6.07) is 0. The van der Waals surface area contributed by atoms with Crippen LogP contribution in [0.2, 0.25) is 0 Å². The highest BCUT2D eigenvalue weighted by atomic mass is 16.3. The lowest BCUT2D eigenvalue weighted by Crippen LogP contribution is -2.32. The molecule has 0 amide bonds. The summed E-state index contributed by atoms with van der Waals surface area (Å²) in [6.45, 7) is 5.20. The van der Waals surface area contributed by atoms with Crippen LogP contribution >= 0.6 is 0 Å². The van der Waals surface area contributed by atoms with Crippen LogP contribution in [0.3, 0.4) is 0 Å². The van der Waals surface area contributed by atoms with Gasteiger partial charge in [0.1, 0.15) is 0 Å². The first-order chi connectivity index (χ1) is 4.83. The first-order valence-electron chi connectivity index (χ1n) is 3.52. The van der Waals surface area contributed by atoms with Gasteiger partial charge in [-0.3, -0.25) is 0 Å². The number of aliphatic hydroxyl groups excluding tert-OH is 1. The van der Waals surface area contributed by atoms with Crippen molar-refractivity contribution in [2.24, 2.45) is 0 Å². The molecule has 0 aromatic heterocycles. The van der Waals surface area contributed by atoms with Gasteiger partial charge in [-0.05, 0) is 6.42 Å². The first kappa shape index (κ1) is 7.51. The topological polar surface area (TPSA) is 32.3 Å².